The van der Waals surface area contributed by atoms with Gasteiger partial charge in [-0.2, -0.15) is 0 Å². The number of esters is 1. The Morgan fingerprint density at radius 3 is 2.71 bits per heavy atom. The van der Waals surface area contributed by atoms with Crippen LogP contribution in [0.25, 0.3) is 6.08 Å². The van der Waals surface area contributed by atoms with Crippen LogP contribution in [0.4, 0.5) is 0 Å². The summed E-state index contributed by atoms with van der Waals surface area (Å²) in [6.07, 6.45) is 6.34. The summed E-state index contributed by atoms with van der Waals surface area (Å²) >= 11 is 0. The number of hydrogen-bond acceptors (Lipinski definition) is 5. The highest BCUT2D eigenvalue weighted by Crippen LogP contribution is 2.65. The van der Waals surface area contributed by atoms with Gasteiger partial charge in [0.15, 0.2) is 0 Å². The lowest BCUT2D eigenvalue weighted by Gasteiger charge is -2.65. The summed E-state index contributed by atoms with van der Waals surface area (Å²) in [6.45, 7) is 2.42. The number of ether oxygens (including phenoxy) is 2. The fourth-order valence-electron chi connectivity index (χ4n) is 7.54. The lowest BCUT2D eigenvalue weighted by molar-refractivity contribution is -0.220. The maximum Gasteiger partial charge on any atom is 0.303 e. The number of carbonyl (C=O) groups is 2. The molecule has 5 atom stereocenters. The van der Waals surface area contributed by atoms with E-state index in [0.717, 1.165) is 37.1 Å². The van der Waals surface area contributed by atoms with Crippen molar-refractivity contribution in [3.8, 4) is 5.75 Å². The van der Waals surface area contributed by atoms with Gasteiger partial charge in [0.1, 0.15) is 17.5 Å². The van der Waals surface area contributed by atoms with Gasteiger partial charge in [0, 0.05) is 25.6 Å². The van der Waals surface area contributed by atoms with Crippen molar-refractivity contribution >= 4 is 18.0 Å². The van der Waals surface area contributed by atoms with Gasteiger partial charge in [-0.25, -0.2) is 0 Å². The Bertz CT molecular complexity index is 1210. The molecule has 182 valence electrons. The summed E-state index contributed by atoms with van der Waals surface area (Å²) in [7, 11) is 4.01. The first-order valence-electron chi connectivity index (χ1n) is 12.6. The Kier molecular flexibility index (Phi) is 5.08. The number of hydrogen-bond donors (Lipinski definition) is 0. The highest BCUT2D eigenvalue weighted by Gasteiger charge is 2.75. The number of piperidine rings is 1. The van der Waals surface area contributed by atoms with Crippen LogP contribution in [0.1, 0.15) is 42.9 Å². The van der Waals surface area contributed by atoms with Gasteiger partial charge >= 0.3 is 5.97 Å². The van der Waals surface area contributed by atoms with Crippen molar-refractivity contribution in [2.75, 3.05) is 20.6 Å². The van der Waals surface area contributed by atoms with Gasteiger partial charge in [0.25, 0.3) is 0 Å². The van der Waals surface area contributed by atoms with Crippen LogP contribution >= 0.6 is 0 Å². The number of nitrogens with zero attached hydrogens (tertiary/aromatic N) is 2. The first-order chi connectivity index (χ1) is 16.9. The number of likely N-dealkylation sites (N-methyl/N-ethyl adjacent to an activating group) is 2. The summed E-state index contributed by atoms with van der Waals surface area (Å²) < 4.78 is 13.1. The quantitative estimate of drug-likeness (QED) is 0.503. The summed E-state index contributed by atoms with van der Waals surface area (Å²) in [4.78, 5) is 30.0. The topological polar surface area (TPSA) is 59.1 Å². The molecule has 1 saturated heterocycles. The van der Waals surface area contributed by atoms with Gasteiger partial charge in [0.2, 0.25) is 5.91 Å². The molecule has 2 aromatic carbocycles. The Morgan fingerprint density at radius 2 is 1.94 bits per heavy atom. The van der Waals surface area contributed by atoms with E-state index in [2.05, 4.69) is 24.1 Å². The largest absolute Gasteiger partial charge is 0.487 e. The highest BCUT2D eigenvalue weighted by molar-refractivity contribution is 5.92. The van der Waals surface area contributed by atoms with E-state index in [1.807, 2.05) is 54.4 Å². The Morgan fingerprint density at radius 1 is 1.14 bits per heavy atom. The molecule has 0 radical (unpaired) electrons. The van der Waals surface area contributed by atoms with Gasteiger partial charge in [-0.1, -0.05) is 42.5 Å². The van der Waals surface area contributed by atoms with E-state index in [4.69, 9.17) is 9.47 Å². The molecule has 2 aliphatic heterocycles. The van der Waals surface area contributed by atoms with E-state index in [1.165, 1.54) is 18.1 Å². The molecule has 1 amide bonds. The van der Waals surface area contributed by atoms with E-state index in [9.17, 15) is 9.59 Å². The number of carbonyl (C=O) groups excluding carboxylic acids is 2. The van der Waals surface area contributed by atoms with Crippen molar-refractivity contribution in [2.45, 2.75) is 61.8 Å². The second kappa shape index (κ2) is 7.95. The molecule has 35 heavy (non-hydrogen) atoms. The van der Waals surface area contributed by atoms with Crippen molar-refractivity contribution in [1.82, 2.24) is 9.80 Å². The molecule has 2 aromatic rings. The SMILES string of the molecule is CC(=O)O[C@@]12CC[C@H](N(C)C(=O)C=Cc3ccccc3)[C@@H]3Oc4cccc5c4[C@@]31CCN(C)[C@@H]2C5. The standard InChI is InChI=1S/C29H32N2O4/c1-19(32)35-29-15-14-22(31(3)25(33)13-12-20-8-5-4-6-9-20)27-28(29)16-17-30(2)24(29)18-21-10-7-11-23(34-27)26(21)28/h4-13,22,24,27H,14-18H2,1-3H3/t22-,24+,27-,28-,29+/m0/s1. The van der Waals surface area contributed by atoms with Crippen LogP contribution in [0.2, 0.25) is 0 Å². The molecule has 4 aliphatic rings. The fraction of sp³-hybridized carbons (Fsp3) is 0.448. The predicted octanol–water partition coefficient (Wildman–Crippen LogP) is 3.58. The molecular formula is C29H32N2O4. The Labute approximate surface area is 206 Å². The molecule has 6 heteroatoms. The van der Waals surface area contributed by atoms with Crippen LogP contribution in [0, 0.1) is 0 Å². The Hall–Kier alpha value is -3.12. The third-order valence-electron chi connectivity index (χ3n) is 8.95. The molecule has 0 N–H and O–H groups in total. The van der Waals surface area contributed by atoms with E-state index >= 15 is 0 Å². The second-order valence-corrected chi connectivity index (χ2v) is 10.5. The minimum absolute atomic E-state index is 0.0460. The van der Waals surface area contributed by atoms with Crippen molar-refractivity contribution < 1.29 is 19.1 Å². The molecule has 0 aromatic heterocycles. The lowest BCUT2D eigenvalue weighted by Crippen LogP contribution is -2.78. The molecular weight excluding hydrogens is 440 g/mol. The van der Waals surface area contributed by atoms with Crippen molar-refractivity contribution in [3.05, 3.63) is 71.3 Å². The smallest absolute Gasteiger partial charge is 0.303 e. The molecule has 1 spiro atoms. The minimum atomic E-state index is -0.656. The molecule has 2 aliphatic carbocycles. The lowest BCUT2D eigenvalue weighted by atomic mass is 9.48. The van der Waals surface area contributed by atoms with Crippen molar-refractivity contribution in [2.24, 2.45) is 0 Å². The van der Waals surface area contributed by atoms with E-state index < -0.39 is 11.0 Å². The molecule has 2 bridgehead atoms. The average Bonchev–Trinajstić information content (AvgIpc) is 3.19. The number of rotatable bonds is 4. The van der Waals surface area contributed by atoms with E-state index in [1.54, 1.807) is 6.08 Å². The maximum atomic E-state index is 13.3. The van der Waals surface area contributed by atoms with Gasteiger partial charge in [-0.05, 0) is 62.5 Å². The zero-order chi connectivity index (χ0) is 24.4. The second-order valence-electron chi connectivity index (χ2n) is 10.5. The van der Waals surface area contributed by atoms with Crippen LogP contribution in [0.3, 0.4) is 0 Å². The molecule has 2 heterocycles. The normalized spacial score (nSPS) is 32.6. The predicted molar refractivity (Wildman–Crippen MR) is 133 cm³/mol. The Balaban J connectivity index is 1.42. The summed E-state index contributed by atoms with van der Waals surface area (Å²) in [5.74, 6) is 0.597. The van der Waals surface area contributed by atoms with Gasteiger partial charge in [0.05, 0.1) is 17.5 Å². The summed E-state index contributed by atoms with van der Waals surface area (Å²) in [5.41, 5.74) is 2.37. The van der Waals surface area contributed by atoms with Crippen LogP contribution in [-0.2, 0) is 26.2 Å². The molecule has 0 unspecified atom stereocenters. The van der Waals surface area contributed by atoms with E-state index in [0.29, 0.717) is 6.42 Å². The van der Waals surface area contributed by atoms with Gasteiger partial charge < -0.3 is 14.4 Å². The molecule has 6 rings (SSSR count). The monoisotopic (exact) mass is 472 g/mol. The number of likely N-dealkylation sites (tertiary alicyclic amines) is 1. The summed E-state index contributed by atoms with van der Waals surface area (Å²) in [5, 5.41) is 0. The fourth-order valence-corrected chi connectivity index (χ4v) is 7.54. The van der Waals surface area contributed by atoms with Crippen LogP contribution in [-0.4, -0.2) is 66.1 Å². The zero-order valence-electron chi connectivity index (χ0n) is 20.6. The van der Waals surface area contributed by atoms with Crippen molar-refractivity contribution in [3.63, 3.8) is 0 Å². The maximum absolute atomic E-state index is 13.3. The van der Waals surface area contributed by atoms with E-state index in [-0.39, 0.29) is 30.1 Å². The minimum Gasteiger partial charge on any atom is -0.487 e. The van der Waals surface area contributed by atoms with Gasteiger partial charge in [-0.15, -0.1) is 0 Å². The zero-order valence-corrected chi connectivity index (χ0v) is 20.6. The first kappa shape index (κ1) is 22.4. The van der Waals surface area contributed by atoms with Crippen LogP contribution in [0.5, 0.6) is 5.75 Å². The summed E-state index contributed by atoms with van der Waals surface area (Å²) in [6, 6.07) is 16.1. The first-order valence-corrected chi connectivity index (χ1v) is 12.6. The molecule has 2 fully saturated rings. The average molecular weight is 473 g/mol. The number of benzene rings is 2. The van der Waals surface area contributed by atoms with Gasteiger partial charge in [-0.3, -0.25) is 14.5 Å². The van der Waals surface area contributed by atoms with Crippen LogP contribution < -0.4 is 4.74 Å². The number of amides is 1. The van der Waals surface area contributed by atoms with Crippen LogP contribution in [0.15, 0.2) is 54.6 Å². The molecule has 1 saturated carbocycles. The third kappa shape index (κ3) is 3.05. The molecule has 6 nitrogen and oxygen atoms in total. The highest BCUT2D eigenvalue weighted by atomic mass is 16.6. The third-order valence-corrected chi connectivity index (χ3v) is 8.95. The van der Waals surface area contributed by atoms with Crippen molar-refractivity contribution in [1.29, 1.82) is 0 Å².